The lowest BCUT2D eigenvalue weighted by Gasteiger charge is -2.24. The van der Waals surface area contributed by atoms with Gasteiger partial charge in [0.2, 0.25) is 0 Å². The van der Waals surface area contributed by atoms with Crippen LogP contribution in [0.2, 0.25) is 0 Å². The second kappa shape index (κ2) is 8.52. The zero-order valence-electron chi connectivity index (χ0n) is 13.2. The monoisotopic (exact) mass is 291 g/mol. The predicted molar refractivity (Wildman–Crippen MR) is 86.4 cm³/mol. The molecule has 0 radical (unpaired) electrons. The minimum absolute atomic E-state index is 0.140. The van der Waals surface area contributed by atoms with Crippen LogP contribution in [0.15, 0.2) is 24.3 Å². The quantitative estimate of drug-likeness (QED) is 0.811. The van der Waals surface area contributed by atoms with Gasteiger partial charge in [-0.2, -0.15) is 0 Å². The second-order valence-electron chi connectivity index (χ2n) is 6.13. The molecule has 1 unspecified atom stereocenters. The van der Waals surface area contributed by atoms with Crippen molar-refractivity contribution in [1.29, 1.82) is 0 Å². The molecular weight excluding hydrogens is 262 g/mol. The van der Waals surface area contributed by atoms with Gasteiger partial charge in [0, 0.05) is 13.1 Å². The first-order chi connectivity index (χ1) is 10.2. The standard InChI is InChI=1S/C18H29NO2/c1-2-19(12-13-20)14-18(21)17-10-8-16(9-11-17)15-6-4-3-5-7-15/h8-11,15,18,20-21H,2-7,12-14H2,1H3. The summed E-state index contributed by atoms with van der Waals surface area (Å²) in [7, 11) is 0. The van der Waals surface area contributed by atoms with Crippen LogP contribution in [0.4, 0.5) is 0 Å². The van der Waals surface area contributed by atoms with Gasteiger partial charge in [-0.25, -0.2) is 0 Å². The van der Waals surface area contributed by atoms with Crippen molar-refractivity contribution in [3.8, 4) is 0 Å². The third-order valence-corrected chi connectivity index (χ3v) is 4.69. The van der Waals surface area contributed by atoms with Crippen LogP contribution < -0.4 is 0 Å². The fourth-order valence-electron chi connectivity index (χ4n) is 3.30. The van der Waals surface area contributed by atoms with Crippen LogP contribution in [0.5, 0.6) is 0 Å². The molecule has 0 aromatic heterocycles. The van der Waals surface area contributed by atoms with E-state index >= 15 is 0 Å². The van der Waals surface area contributed by atoms with E-state index in [1.807, 2.05) is 0 Å². The summed E-state index contributed by atoms with van der Waals surface area (Å²) in [6.07, 6.45) is 6.22. The highest BCUT2D eigenvalue weighted by molar-refractivity contribution is 5.27. The number of likely N-dealkylation sites (N-methyl/N-ethyl adjacent to an activating group) is 1. The van der Waals surface area contributed by atoms with Crippen molar-refractivity contribution in [2.24, 2.45) is 0 Å². The summed E-state index contributed by atoms with van der Waals surface area (Å²) in [5.41, 5.74) is 2.40. The zero-order valence-corrected chi connectivity index (χ0v) is 13.2. The van der Waals surface area contributed by atoms with Gasteiger partial charge in [0.25, 0.3) is 0 Å². The lowest BCUT2D eigenvalue weighted by molar-refractivity contribution is 0.103. The van der Waals surface area contributed by atoms with Crippen LogP contribution in [0.3, 0.4) is 0 Å². The van der Waals surface area contributed by atoms with Gasteiger partial charge < -0.3 is 10.2 Å². The van der Waals surface area contributed by atoms with Crippen LogP contribution >= 0.6 is 0 Å². The first-order valence-electron chi connectivity index (χ1n) is 8.35. The van der Waals surface area contributed by atoms with Crippen molar-refractivity contribution in [2.45, 2.75) is 51.0 Å². The summed E-state index contributed by atoms with van der Waals surface area (Å²) < 4.78 is 0. The van der Waals surface area contributed by atoms with E-state index in [1.165, 1.54) is 37.7 Å². The molecule has 0 aliphatic heterocycles. The minimum Gasteiger partial charge on any atom is -0.395 e. The summed E-state index contributed by atoms with van der Waals surface area (Å²) in [4.78, 5) is 2.07. The highest BCUT2D eigenvalue weighted by atomic mass is 16.3. The summed E-state index contributed by atoms with van der Waals surface area (Å²) >= 11 is 0. The Labute approximate surface area is 128 Å². The van der Waals surface area contributed by atoms with Crippen LogP contribution in [-0.4, -0.2) is 41.4 Å². The normalized spacial score (nSPS) is 18.1. The van der Waals surface area contributed by atoms with E-state index in [1.54, 1.807) is 0 Å². The number of aliphatic hydroxyl groups is 2. The molecule has 2 rings (SSSR count). The highest BCUT2D eigenvalue weighted by Gasteiger charge is 2.16. The van der Waals surface area contributed by atoms with E-state index in [0.29, 0.717) is 19.0 Å². The Morgan fingerprint density at radius 1 is 1.14 bits per heavy atom. The maximum Gasteiger partial charge on any atom is 0.0916 e. The topological polar surface area (TPSA) is 43.7 Å². The molecule has 1 atom stereocenters. The first-order valence-corrected chi connectivity index (χ1v) is 8.35. The van der Waals surface area contributed by atoms with E-state index < -0.39 is 6.10 Å². The number of hydrogen-bond acceptors (Lipinski definition) is 3. The molecular formula is C18H29NO2. The Bertz CT molecular complexity index is 398. The van der Waals surface area contributed by atoms with Gasteiger partial charge in [0.1, 0.15) is 0 Å². The molecule has 1 aliphatic rings. The lowest BCUT2D eigenvalue weighted by atomic mass is 9.84. The third-order valence-electron chi connectivity index (χ3n) is 4.69. The van der Waals surface area contributed by atoms with E-state index in [4.69, 9.17) is 5.11 Å². The smallest absolute Gasteiger partial charge is 0.0916 e. The predicted octanol–water partition coefficient (Wildman–Crippen LogP) is 3.08. The molecule has 1 aromatic rings. The lowest BCUT2D eigenvalue weighted by Crippen LogP contribution is -2.31. The Balaban J connectivity index is 1.94. The summed E-state index contributed by atoms with van der Waals surface area (Å²) in [6.45, 7) is 4.24. The van der Waals surface area contributed by atoms with Gasteiger partial charge in [-0.1, -0.05) is 50.5 Å². The summed E-state index contributed by atoms with van der Waals surface area (Å²) in [5.74, 6) is 0.714. The van der Waals surface area contributed by atoms with Crippen LogP contribution in [0, 0.1) is 0 Å². The van der Waals surface area contributed by atoms with E-state index in [2.05, 4.69) is 36.1 Å². The molecule has 2 N–H and O–H groups in total. The molecule has 1 saturated carbocycles. The average molecular weight is 291 g/mol. The molecule has 1 fully saturated rings. The van der Waals surface area contributed by atoms with E-state index in [9.17, 15) is 5.11 Å². The Hall–Kier alpha value is -0.900. The summed E-state index contributed by atoms with van der Waals surface area (Å²) in [5, 5.41) is 19.3. The van der Waals surface area contributed by atoms with Crippen LogP contribution in [0.1, 0.15) is 62.2 Å². The zero-order chi connectivity index (χ0) is 15.1. The van der Waals surface area contributed by atoms with Crippen LogP contribution in [-0.2, 0) is 0 Å². The van der Waals surface area contributed by atoms with Crippen molar-refractivity contribution < 1.29 is 10.2 Å². The molecule has 1 aliphatic carbocycles. The van der Waals surface area contributed by atoms with Crippen molar-refractivity contribution in [3.63, 3.8) is 0 Å². The van der Waals surface area contributed by atoms with Gasteiger partial charge in [0.15, 0.2) is 0 Å². The van der Waals surface area contributed by atoms with Gasteiger partial charge in [-0.15, -0.1) is 0 Å². The first kappa shape index (κ1) is 16.5. The molecule has 0 bridgehead atoms. The van der Waals surface area contributed by atoms with E-state index in [-0.39, 0.29) is 6.61 Å². The highest BCUT2D eigenvalue weighted by Crippen LogP contribution is 2.33. The fraction of sp³-hybridized carbons (Fsp3) is 0.667. The van der Waals surface area contributed by atoms with Gasteiger partial charge >= 0.3 is 0 Å². The number of aliphatic hydroxyl groups excluding tert-OH is 2. The maximum atomic E-state index is 10.3. The van der Waals surface area contributed by atoms with Gasteiger partial charge in [-0.05, 0) is 36.4 Å². The summed E-state index contributed by atoms with van der Waals surface area (Å²) in [6, 6.07) is 8.52. The number of hydrogen-bond donors (Lipinski definition) is 2. The van der Waals surface area contributed by atoms with Crippen molar-refractivity contribution in [1.82, 2.24) is 4.90 Å². The fourth-order valence-corrected chi connectivity index (χ4v) is 3.30. The molecule has 1 aromatic carbocycles. The van der Waals surface area contributed by atoms with Crippen molar-refractivity contribution in [2.75, 3.05) is 26.2 Å². The number of benzene rings is 1. The molecule has 0 heterocycles. The van der Waals surface area contributed by atoms with Crippen molar-refractivity contribution in [3.05, 3.63) is 35.4 Å². The molecule has 118 valence electrons. The molecule has 3 nitrogen and oxygen atoms in total. The number of rotatable bonds is 7. The third kappa shape index (κ3) is 4.80. The Kier molecular flexibility index (Phi) is 6.68. The van der Waals surface area contributed by atoms with Crippen LogP contribution in [0.25, 0.3) is 0 Å². The average Bonchev–Trinajstić information content (AvgIpc) is 2.55. The largest absolute Gasteiger partial charge is 0.395 e. The molecule has 21 heavy (non-hydrogen) atoms. The number of nitrogens with zero attached hydrogens (tertiary/aromatic N) is 1. The van der Waals surface area contributed by atoms with Gasteiger partial charge in [0.05, 0.1) is 12.7 Å². The Morgan fingerprint density at radius 3 is 2.38 bits per heavy atom. The minimum atomic E-state index is -0.475. The maximum absolute atomic E-state index is 10.3. The molecule has 0 saturated heterocycles. The molecule has 0 spiro atoms. The SMILES string of the molecule is CCN(CCO)CC(O)c1ccc(C2CCCCC2)cc1. The molecule has 0 amide bonds. The second-order valence-corrected chi connectivity index (χ2v) is 6.13. The molecule has 3 heteroatoms. The van der Waals surface area contributed by atoms with E-state index in [0.717, 1.165) is 12.1 Å². The van der Waals surface area contributed by atoms with Gasteiger partial charge in [-0.3, -0.25) is 4.90 Å². The Morgan fingerprint density at radius 2 is 1.81 bits per heavy atom. The van der Waals surface area contributed by atoms with Crippen molar-refractivity contribution >= 4 is 0 Å².